The van der Waals surface area contributed by atoms with Crippen molar-refractivity contribution in [2.75, 3.05) is 59.0 Å². The second kappa shape index (κ2) is 21.8. The summed E-state index contributed by atoms with van der Waals surface area (Å²) in [5.74, 6) is 0.229. The first-order valence-electron chi connectivity index (χ1n) is 18.5. The van der Waals surface area contributed by atoms with Crippen LogP contribution in [0.15, 0.2) is 71.8 Å². The maximum atomic E-state index is 12.1. The molecular weight excluding hydrogens is 915 g/mol. The largest absolute Gasteiger partial charge is 0.396 e. The molecule has 0 bridgehead atoms. The van der Waals surface area contributed by atoms with Crippen LogP contribution in [0.4, 0.5) is 56.0 Å². The van der Waals surface area contributed by atoms with Gasteiger partial charge in [0.2, 0.25) is 11.9 Å². The fourth-order valence-corrected chi connectivity index (χ4v) is 10.2. The fourth-order valence-electron chi connectivity index (χ4n) is 5.87. The fraction of sp³-hybridized carbons (Fsp3) is 0.270. The summed E-state index contributed by atoms with van der Waals surface area (Å²) in [7, 11) is -4.96. The topological polar surface area (TPSA) is 312 Å². The lowest BCUT2D eigenvalue weighted by Crippen LogP contribution is -2.21. The molecule has 3 heterocycles. The number of nitrogens with zero attached hydrogens (tertiary/aromatic N) is 11. The molecule has 0 spiro atoms. The van der Waals surface area contributed by atoms with Crippen LogP contribution in [0.1, 0.15) is 58.2 Å². The second-order valence-corrected chi connectivity index (χ2v) is 17.8. The number of hydrogen-bond donors (Lipinski definition) is 5. The third-order valence-corrected chi connectivity index (χ3v) is 13.6. The molecule has 21 nitrogen and oxygen atoms in total. The van der Waals surface area contributed by atoms with Gasteiger partial charge in [-0.05, 0) is 64.1 Å². The monoisotopic (exact) mass is 951 g/mol. The van der Waals surface area contributed by atoms with E-state index in [0.717, 1.165) is 34.5 Å². The molecule has 0 aliphatic carbocycles. The quantitative estimate of drug-likeness (QED) is 0.0152. The van der Waals surface area contributed by atoms with Crippen LogP contribution in [0.2, 0.25) is 0 Å². The lowest BCUT2D eigenvalue weighted by Gasteiger charge is -2.22. The molecule has 0 aliphatic rings. The maximum absolute atomic E-state index is 12.1. The van der Waals surface area contributed by atoms with Crippen LogP contribution in [0.25, 0.3) is 0 Å². The Morgan fingerprint density at radius 2 is 1.27 bits per heavy atom. The Balaban J connectivity index is 1.63. The van der Waals surface area contributed by atoms with E-state index in [1.165, 1.54) is 0 Å². The average molecular weight is 952 g/mol. The minimum absolute atomic E-state index is 0.00178. The van der Waals surface area contributed by atoms with Gasteiger partial charge in [0.15, 0.2) is 38.8 Å². The van der Waals surface area contributed by atoms with Crippen molar-refractivity contribution in [2.45, 2.75) is 42.6 Å². The number of carbonyl (C=O) groups is 2. The summed E-state index contributed by atoms with van der Waals surface area (Å²) in [6.45, 7) is 10.3. The molecular formula is C37H37N13O8S5. The van der Waals surface area contributed by atoms with Gasteiger partial charge in [-0.25, -0.2) is 4.21 Å². The van der Waals surface area contributed by atoms with Crippen LogP contribution in [-0.4, -0.2) is 92.9 Å². The second-order valence-electron chi connectivity index (χ2n) is 12.4. The predicted molar refractivity (Wildman–Crippen MR) is 240 cm³/mol. The summed E-state index contributed by atoms with van der Waals surface area (Å²) in [5, 5.41) is 52.3. The van der Waals surface area contributed by atoms with Crippen molar-refractivity contribution in [1.82, 2.24) is 15.0 Å². The van der Waals surface area contributed by atoms with E-state index in [1.54, 1.807) is 42.5 Å². The molecule has 63 heavy (non-hydrogen) atoms. The molecule has 0 saturated heterocycles. The Labute approximate surface area is 375 Å². The molecule has 26 heteroatoms. The van der Waals surface area contributed by atoms with Crippen molar-refractivity contribution in [1.29, 1.82) is 10.5 Å². The zero-order valence-corrected chi connectivity index (χ0v) is 37.8. The molecule has 0 aliphatic heterocycles. The number of thiophene rings is 2. The summed E-state index contributed by atoms with van der Waals surface area (Å²) in [4.78, 5) is 39.4. The number of aldehydes is 2. The van der Waals surface area contributed by atoms with Crippen LogP contribution in [-0.2, 0) is 21.2 Å². The van der Waals surface area contributed by atoms with E-state index in [1.807, 2.05) is 33.8 Å². The molecule has 3 aromatic heterocycles. The molecule has 2 aromatic carbocycles. The van der Waals surface area contributed by atoms with Gasteiger partial charge in [0, 0.05) is 43.3 Å². The minimum Gasteiger partial charge on any atom is -0.396 e. The molecule has 0 saturated carbocycles. The number of hydrogen-bond acceptors (Lipinski definition) is 22. The first kappa shape index (κ1) is 47.9. The Bertz CT molecular complexity index is 2790. The Kier molecular flexibility index (Phi) is 16.6. The molecule has 0 amide bonds. The standard InChI is InChI=1S/C37H37N13O8S5/c1-5-49(6-2)21-9-11-25(45-47-33-23(17-38)31(62(54)55)29(19-52)60-33)27(15-21)40-35-42-36(44-37(43-35)59-14-13-51)41-28-16-22(50(7-3)8-4)10-12-26(28)46-48-34-24(18-39)32(63(56,57)58)30(20-53)61-34/h9-12,15-16,19-20,51H,5-8,13-14H2,1-4H3,(H,54,55)(H,56,57,58)(H2,40,41,42,43,44)/b47-45+,48-46+. The highest BCUT2D eigenvalue weighted by Crippen LogP contribution is 2.41. The number of aliphatic hydroxyl groups excluding tert-OH is 1. The molecule has 5 rings (SSSR count). The molecule has 5 N–H and O–H groups in total. The lowest BCUT2D eigenvalue weighted by atomic mass is 10.2. The van der Waals surface area contributed by atoms with Crippen LogP contribution in [0, 0.1) is 22.7 Å². The molecule has 328 valence electrons. The highest BCUT2D eigenvalue weighted by atomic mass is 32.2. The maximum Gasteiger partial charge on any atom is 0.297 e. The van der Waals surface area contributed by atoms with Crippen molar-refractivity contribution in [3.8, 4) is 12.1 Å². The number of aliphatic hydroxyl groups is 1. The van der Waals surface area contributed by atoms with E-state index in [4.69, 9.17) is 0 Å². The van der Waals surface area contributed by atoms with Crippen molar-refractivity contribution in [3.05, 3.63) is 57.3 Å². The minimum atomic E-state index is -4.96. The highest BCUT2D eigenvalue weighted by Gasteiger charge is 2.28. The molecule has 1 unspecified atom stereocenters. The third-order valence-electron chi connectivity index (χ3n) is 8.76. The SMILES string of the molecule is CCN(CC)c1ccc(/N=N/c2sc(C=O)c(S(=O)O)c2C#N)c(Nc2nc(Nc3cc(N(CC)CC)ccc3/N=N/c3sc(C=O)c(S(=O)(=O)O)c3C#N)nc(SCCO)n2)c1. The summed E-state index contributed by atoms with van der Waals surface area (Å²) < 4.78 is 55.6. The van der Waals surface area contributed by atoms with Crippen LogP contribution in [0.5, 0.6) is 0 Å². The van der Waals surface area contributed by atoms with Gasteiger partial charge in [0.1, 0.15) is 44.4 Å². The summed E-state index contributed by atoms with van der Waals surface area (Å²) in [6, 6.07) is 13.9. The number of azo groups is 2. The van der Waals surface area contributed by atoms with Crippen LogP contribution in [0.3, 0.4) is 0 Å². The molecule has 1 atom stereocenters. The van der Waals surface area contributed by atoms with Crippen molar-refractivity contribution in [3.63, 3.8) is 0 Å². The van der Waals surface area contributed by atoms with Gasteiger partial charge in [-0.1, -0.05) is 11.8 Å². The molecule has 5 aromatic rings. The van der Waals surface area contributed by atoms with Crippen LogP contribution >= 0.6 is 34.4 Å². The number of nitrogens with one attached hydrogen (secondary N) is 2. The Morgan fingerprint density at radius 3 is 1.68 bits per heavy atom. The van der Waals surface area contributed by atoms with E-state index in [-0.39, 0.29) is 72.4 Å². The summed E-state index contributed by atoms with van der Waals surface area (Å²) >= 11 is -0.221. The van der Waals surface area contributed by atoms with E-state index in [0.29, 0.717) is 55.2 Å². The number of benzene rings is 2. The summed E-state index contributed by atoms with van der Waals surface area (Å²) in [5.41, 5.74) is 1.79. The van der Waals surface area contributed by atoms with E-state index in [9.17, 15) is 47.0 Å². The van der Waals surface area contributed by atoms with Gasteiger partial charge in [0.25, 0.3) is 10.1 Å². The van der Waals surface area contributed by atoms with Gasteiger partial charge in [-0.15, -0.1) is 43.1 Å². The molecule has 0 fully saturated rings. The van der Waals surface area contributed by atoms with E-state index < -0.39 is 36.5 Å². The van der Waals surface area contributed by atoms with Gasteiger partial charge in [-0.3, -0.25) is 14.1 Å². The normalized spacial score (nSPS) is 12.0. The van der Waals surface area contributed by atoms with Crippen LogP contribution < -0.4 is 20.4 Å². The number of carbonyl (C=O) groups excluding carboxylic acids is 2. The van der Waals surface area contributed by atoms with Gasteiger partial charge in [-0.2, -0.15) is 33.9 Å². The summed E-state index contributed by atoms with van der Waals surface area (Å²) in [6.07, 6.45) is 0.561. The van der Waals surface area contributed by atoms with E-state index in [2.05, 4.69) is 55.8 Å². The van der Waals surface area contributed by atoms with E-state index >= 15 is 0 Å². The lowest BCUT2D eigenvalue weighted by molar-refractivity contribution is 0.111. The zero-order valence-electron chi connectivity index (χ0n) is 33.7. The van der Waals surface area contributed by atoms with Crippen molar-refractivity contribution in [2.24, 2.45) is 20.5 Å². The van der Waals surface area contributed by atoms with Gasteiger partial charge < -0.3 is 30.1 Å². The van der Waals surface area contributed by atoms with Gasteiger partial charge >= 0.3 is 0 Å². The Morgan fingerprint density at radius 1 is 0.794 bits per heavy atom. The van der Waals surface area contributed by atoms with Gasteiger partial charge in [0.05, 0.1) is 27.7 Å². The zero-order chi connectivity index (χ0) is 45.8. The smallest absolute Gasteiger partial charge is 0.297 e. The Hall–Kier alpha value is -6.10. The number of aromatic nitrogens is 3. The number of anilines is 6. The van der Waals surface area contributed by atoms with Crippen molar-refractivity contribution < 1.29 is 36.4 Å². The first-order valence-corrected chi connectivity index (χ1v) is 23.7. The number of thioether (sulfide) groups is 1. The predicted octanol–water partition coefficient (Wildman–Crippen LogP) is 8.29. The number of rotatable bonds is 21. The third kappa shape index (κ3) is 11.3. The highest BCUT2D eigenvalue weighted by molar-refractivity contribution is 7.99. The van der Waals surface area contributed by atoms with Crippen molar-refractivity contribution >= 4 is 124 Å². The first-order chi connectivity index (χ1) is 30.3. The number of nitriles is 2. The average Bonchev–Trinajstić information content (AvgIpc) is 3.84. The molecule has 0 radical (unpaired) electrons.